The number of hydrogen-bond acceptors (Lipinski definition) is 2. The second kappa shape index (κ2) is 4.93. The number of methoxy groups -OCH3 is 1. The minimum atomic E-state index is -0.184. The van der Waals surface area contributed by atoms with Crippen LogP contribution >= 0.6 is 0 Å². The zero-order chi connectivity index (χ0) is 14.1. The molecule has 0 heterocycles. The van der Waals surface area contributed by atoms with Gasteiger partial charge in [0.15, 0.2) is 0 Å². The molecule has 0 fully saturated rings. The zero-order valence-electron chi connectivity index (χ0n) is 12.8. The largest absolute Gasteiger partial charge is 0.496 e. The fourth-order valence-corrected chi connectivity index (χ4v) is 2.30. The number of rotatable bonds is 3. The molecule has 0 amide bonds. The summed E-state index contributed by atoms with van der Waals surface area (Å²) in [6.45, 7) is 12.8. The van der Waals surface area contributed by atoms with Crippen LogP contribution in [0, 0.1) is 6.92 Å². The number of ether oxygens (including phenoxy) is 1. The first-order valence-electron chi connectivity index (χ1n) is 6.51. The van der Waals surface area contributed by atoms with E-state index in [4.69, 9.17) is 10.5 Å². The molecule has 0 aliphatic rings. The predicted octanol–water partition coefficient (Wildman–Crippen LogP) is 3.58. The van der Waals surface area contributed by atoms with Gasteiger partial charge in [0, 0.05) is 11.1 Å². The number of nitrogens with two attached hydrogens (primary N) is 1. The van der Waals surface area contributed by atoms with E-state index >= 15 is 0 Å². The Morgan fingerprint density at radius 1 is 1.11 bits per heavy atom. The third-order valence-corrected chi connectivity index (χ3v) is 3.01. The average molecular weight is 249 g/mol. The highest BCUT2D eigenvalue weighted by Crippen LogP contribution is 2.35. The average Bonchev–Trinajstić information content (AvgIpc) is 2.12. The van der Waals surface area contributed by atoms with Gasteiger partial charge in [-0.05, 0) is 43.7 Å². The Morgan fingerprint density at radius 3 is 2.06 bits per heavy atom. The molecule has 0 aromatic heterocycles. The molecule has 0 spiro atoms. The first-order valence-corrected chi connectivity index (χ1v) is 6.51. The number of hydrogen-bond donors (Lipinski definition) is 1. The molecule has 0 radical (unpaired) electrons. The summed E-state index contributed by atoms with van der Waals surface area (Å²) in [6, 6.07) is 4.42. The Labute approximate surface area is 112 Å². The lowest BCUT2D eigenvalue weighted by Crippen LogP contribution is -2.34. The van der Waals surface area contributed by atoms with Crippen molar-refractivity contribution in [2.75, 3.05) is 7.11 Å². The van der Waals surface area contributed by atoms with E-state index in [9.17, 15) is 0 Å². The Kier molecular flexibility index (Phi) is 4.12. The summed E-state index contributed by atoms with van der Waals surface area (Å²) in [4.78, 5) is 0. The molecule has 1 aromatic carbocycles. The molecule has 1 aromatic rings. The first-order chi connectivity index (χ1) is 8.04. The highest BCUT2D eigenvalue weighted by atomic mass is 16.5. The molecular formula is C16H27NO. The van der Waals surface area contributed by atoms with Gasteiger partial charge >= 0.3 is 0 Å². The van der Waals surface area contributed by atoms with Gasteiger partial charge in [0.1, 0.15) is 5.75 Å². The topological polar surface area (TPSA) is 35.2 Å². The zero-order valence-corrected chi connectivity index (χ0v) is 12.8. The lowest BCUT2D eigenvalue weighted by molar-refractivity contribution is 0.393. The van der Waals surface area contributed by atoms with Crippen molar-refractivity contribution in [1.82, 2.24) is 0 Å². The van der Waals surface area contributed by atoms with E-state index in [0.29, 0.717) is 0 Å². The summed E-state index contributed by atoms with van der Waals surface area (Å²) in [5, 5.41) is 0. The second-order valence-corrected chi connectivity index (χ2v) is 6.91. The third-order valence-electron chi connectivity index (χ3n) is 3.01. The number of aryl methyl sites for hydroxylation is 1. The van der Waals surface area contributed by atoms with Crippen LogP contribution in [0.3, 0.4) is 0 Å². The van der Waals surface area contributed by atoms with Crippen molar-refractivity contribution in [3.63, 3.8) is 0 Å². The maximum absolute atomic E-state index is 6.12. The van der Waals surface area contributed by atoms with E-state index < -0.39 is 0 Å². The molecule has 0 aliphatic heterocycles. The van der Waals surface area contributed by atoms with Crippen molar-refractivity contribution >= 4 is 0 Å². The van der Waals surface area contributed by atoms with Gasteiger partial charge in [-0.25, -0.2) is 0 Å². The summed E-state index contributed by atoms with van der Waals surface area (Å²) in [7, 11) is 1.74. The number of benzene rings is 1. The van der Waals surface area contributed by atoms with Crippen LogP contribution < -0.4 is 10.5 Å². The second-order valence-electron chi connectivity index (χ2n) is 6.91. The monoisotopic (exact) mass is 249 g/mol. The van der Waals surface area contributed by atoms with Crippen molar-refractivity contribution in [3.05, 3.63) is 28.8 Å². The molecule has 0 saturated heterocycles. The molecule has 102 valence electrons. The molecule has 0 unspecified atom stereocenters. The molecule has 2 nitrogen and oxygen atoms in total. The van der Waals surface area contributed by atoms with Gasteiger partial charge in [0.25, 0.3) is 0 Å². The lowest BCUT2D eigenvalue weighted by atomic mass is 9.82. The first kappa shape index (κ1) is 15.0. The van der Waals surface area contributed by atoms with Crippen molar-refractivity contribution in [1.29, 1.82) is 0 Å². The highest BCUT2D eigenvalue weighted by Gasteiger charge is 2.22. The molecular weight excluding hydrogens is 222 g/mol. The van der Waals surface area contributed by atoms with Gasteiger partial charge < -0.3 is 10.5 Å². The smallest absolute Gasteiger partial charge is 0.125 e. The normalized spacial score (nSPS) is 12.7. The summed E-state index contributed by atoms with van der Waals surface area (Å²) in [5.74, 6) is 1.00. The standard InChI is InChI=1S/C16H27NO/c1-11-8-12(10-16(5,6)17)9-13(14(11)18-7)15(2,3)4/h8-9H,10,17H2,1-7H3. The van der Waals surface area contributed by atoms with Gasteiger partial charge in [-0.2, -0.15) is 0 Å². The van der Waals surface area contributed by atoms with Crippen LogP contribution in [0.5, 0.6) is 5.75 Å². The van der Waals surface area contributed by atoms with Gasteiger partial charge in [0.05, 0.1) is 7.11 Å². The van der Waals surface area contributed by atoms with Crippen LogP contribution in [0.4, 0.5) is 0 Å². The molecule has 0 atom stereocenters. The minimum absolute atomic E-state index is 0.0743. The third kappa shape index (κ3) is 3.74. The van der Waals surface area contributed by atoms with E-state index in [1.165, 1.54) is 16.7 Å². The van der Waals surface area contributed by atoms with Gasteiger partial charge in [0.2, 0.25) is 0 Å². The van der Waals surface area contributed by atoms with Gasteiger partial charge in [-0.15, -0.1) is 0 Å². The van der Waals surface area contributed by atoms with Crippen LogP contribution in [0.2, 0.25) is 0 Å². The van der Waals surface area contributed by atoms with Gasteiger partial charge in [-0.1, -0.05) is 32.9 Å². The quantitative estimate of drug-likeness (QED) is 0.888. The van der Waals surface area contributed by atoms with Crippen molar-refractivity contribution in [2.45, 2.75) is 58.9 Å². The van der Waals surface area contributed by atoms with E-state index in [1.807, 2.05) is 0 Å². The maximum Gasteiger partial charge on any atom is 0.125 e. The van der Waals surface area contributed by atoms with E-state index in [-0.39, 0.29) is 11.0 Å². The Balaban J connectivity index is 3.31. The summed E-state index contributed by atoms with van der Waals surface area (Å²) >= 11 is 0. The molecule has 18 heavy (non-hydrogen) atoms. The summed E-state index contributed by atoms with van der Waals surface area (Å²) in [5.41, 5.74) is 9.73. The SMILES string of the molecule is COc1c(C)cc(CC(C)(C)N)cc1C(C)(C)C. The molecule has 0 saturated carbocycles. The lowest BCUT2D eigenvalue weighted by Gasteiger charge is -2.26. The molecule has 0 bridgehead atoms. The van der Waals surface area contributed by atoms with Crippen LogP contribution in [0.1, 0.15) is 51.3 Å². The van der Waals surface area contributed by atoms with Crippen molar-refractivity contribution < 1.29 is 4.74 Å². The molecule has 2 heteroatoms. The molecule has 0 aliphatic carbocycles. The van der Waals surface area contributed by atoms with Crippen molar-refractivity contribution in [2.24, 2.45) is 5.73 Å². The Hall–Kier alpha value is -1.02. The minimum Gasteiger partial charge on any atom is -0.496 e. The molecule has 2 N–H and O–H groups in total. The van der Waals surface area contributed by atoms with Crippen LogP contribution in [0.25, 0.3) is 0 Å². The predicted molar refractivity (Wildman–Crippen MR) is 78.4 cm³/mol. The van der Waals surface area contributed by atoms with Crippen molar-refractivity contribution in [3.8, 4) is 5.75 Å². The molecule has 1 rings (SSSR count). The Bertz CT molecular complexity index is 422. The Morgan fingerprint density at radius 2 is 1.67 bits per heavy atom. The fourth-order valence-electron chi connectivity index (χ4n) is 2.30. The summed E-state index contributed by atoms with van der Waals surface area (Å²) < 4.78 is 5.56. The van der Waals surface area contributed by atoms with E-state index in [0.717, 1.165) is 12.2 Å². The van der Waals surface area contributed by atoms with E-state index in [2.05, 4.69) is 53.7 Å². The van der Waals surface area contributed by atoms with E-state index in [1.54, 1.807) is 7.11 Å². The van der Waals surface area contributed by atoms with Crippen LogP contribution in [-0.4, -0.2) is 12.6 Å². The fraction of sp³-hybridized carbons (Fsp3) is 0.625. The maximum atomic E-state index is 6.12. The highest BCUT2D eigenvalue weighted by molar-refractivity contribution is 5.47. The van der Waals surface area contributed by atoms with Crippen LogP contribution in [-0.2, 0) is 11.8 Å². The summed E-state index contributed by atoms with van der Waals surface area (Å²) in [6.07, 6.45) is 0.876. The van der Waals surface area contributed by atoms with Gasteiger partial charge in [-0.3, -0.25) is 0 Å². The van der Waals surface area contributed by atoms with Crippen LogP contribution in [0.15, 0.2) is 12.1 Å².